The SMILES string of the molecule is [2H]C([2H])(OP1(=O)OCc2cc(F)ccc2O1)[C@@]1(F)O[C@@]([2H])(n2cc(Cl)c(=S)[nH]c2=O)[C@H](O)[C@@H]1O. The van der Waals surface area contributed by atoms with Gasteiger partial charge in [-0.1, -0.05) is 23.8 Å². The lowest BCUT2D eigenvalue weighted by Crippen LogP contribution is -2.43. The maximum atomic E-state index is 15.8. The molecule has 0 aliphatic carbocycles. The number of nitrogens with zero attached hydrogens (tertiary/aromatic N) is 1. The Labute approximate surface area is 186 Å². The molecule has 5 atom stereocenters. The summed E-state index contributed by atoms with van der Waals surface area (Å²) in [6.45, 7) is -4.47. The third kappa shape index (κ3) is 4.20. The highest BCUT2D eigenvalue weighted by molar-refractivity contribution is 7.71. The van der Waals surface area contributed by atoms with E-state index in [2.05, 4.69) is 4.52 Å². The van der Waals surface area contributed by atoms with E-state index in [0.29, 0.717) is 6.20 Å². The Hall–Kier alpha value is -1.70. The van der Waals surface area contributed by atoms with Crippen LogP contribution in [0.5, 0.6) is 5.75 Å². The predicted octanol–water partition coefficient (Wildman–Crippen LogP) is 2.35. The molecule has 0 amide bonds. The average molecular weight is 502 g/mol. The molecule has 1 aromatic heterocycles. The molecular weight excluding hydrogens is 485 g/mol. The topological polar surface area (TPSA) is 132 Å². The number of aromatic amines is 1. The maximum absolute atomic E-state index is 15.8. The Kier molecular flexibility index (Phi) is 4.87. The quantitative estimate of drug-likeness (QED) is 0.426. The lowest BCUT2D eigenvalue weighted by atomic mass is 10.1. The summed E-state index contributed by atoms with van der Waals surface area (Å²) in [5.41, 5.74) is -1.11. The Morgan fingerprint density at radius 2 is 2.29 bits per heavy atom. The van der Waals surface area contributed by atoms with Crippen LogP contribution in [0, 0.1) is 10.5 Å². The molecule has 2 aliphatic heterocycles. The first-order valence-electron chi connectivity index (χ1n) is 9.82. The van der Waals surface area contributed by atoms with E-state index >= 15 is 4.39 Å². The molecule has 0 saturated carbocycles. The van der Waals surface area contributed by atoms with Crippen molar-refractivity contribution in [2.75, 3.05) is 6.56 Å². The van der Waals surface area contributed by atoms with Gasteiger partial charge in [-0.05, 0) is 18.2 Å². The number of phosphoric ester groups is 1. The second-order valence-electron chi connectivity index (χ2n) is 6.34. The minimum absolute atomic E-state index is 0.0982. The maximum Gasteiger partial charge on any atom is 0.530 e. The van der Waals surface area contributed by atoms with Crippen LogP contribution in [0.3, 0.4) is 0 Å². The van der Waals surface area contributed by atoms with Crippen LogP contribution in [0.2, 0.25) is 5.02 Å². The highest BCUT2D eigenvalue weighted by Crippen LogP contribution is 2.55. The zero-order valence-corrected chi connectivity index (χ0v) is 17.4. The van der Waals surface area contributed by atoms with Crippen LogP contribution in [0.4, 0.5) is 8.78 Å². The van der Waals surface area contributed by atoms with E-state index in [9.17, 15) is 24.0 Å². The summed E-state index contributed by atoms with van der Waals surface area (Å²) in [6, 6.07) is 2.99. The van der Waals surface area contributed by atoms with Gasteiger partial charge in [0.25, 0.3) is 5.85 Å². The lowest BCUT2D eigenvalue weighted by molar-refractivity contribution is -0.205. The second kappa shape index (κ2) is 8.01. The van der Waals surface area contributed by atoms with Crippen molar-refractivity contribution < 1.29 is 46.0 Å². The number of hydrogen-bond acceptors (Lipinski definition) is 9. The Morgan fingerprint density at radius 3 is 3.03 bits per heavy atom. The number of alkyl halides is 1. The zero-order valence-electron chi connectivity index (χ0n) is 18.0. The van der Waals surface area contributed by atoms with Crippen molar-refractivity contribution in [2.24, 2.45) is 0 Å². The van der Waals surface area contributed by atoms with Gasteiger partial charge in [0.15, 0.2) is 6.20 Å². The van der Waals surface area contributed by atoms with Crippen LogP contribution >= 0.6 is 31.6 Å². The Bertz CT molecular complexity index is 1330. The second-order valence-corrected chi connectivity index (χ2v) is 8.67. The number of halogens is 3. The summed E-state index contributed by atoms with van der Waals surface area (Å²) in [4.78, 5) is 14.3. The molecule has 0 spiro atoms. The third-order valence-electron chi connectivity index (χ3n) is 4.23. The standard InChI is InChI=1S/C16H14ClF2N2O8PS/c17-9-4-21(15(24)20-13(9)31)14-11(22)12(23)16(19,28-14)6-27-30(25)26-5-7-3-8(18)1-2-10(7)29-30/h1-4,11-12,14,22-23H,5-6H2,(H,20,24,31)/t11-,12+,14-,16-,30?/m1/s1/i6D2,14D. The summed E-state index contributed by atoms with van der Waals surface area (Å²) in [5, 5.41) is 20.3. The number of aliphatic hydroxyl groups excluding tert-OH is 2. The summed E-state index contributed by atoms with van der Waals surface area (Å²) in [6.07, 6.45) is -7.92. The van der Waals surface area contributed by atoms with Gasteiger partial charge in [0.05, 0.1) is 15.7 Å². The third-order valence-corrected chi connectivity index (χ3v) is 6.13. The number of fused-ring (bicyclic) bond motifs is 1. The van der Waals surface area contributed by atoms with E-state index in [1.165, 1.54) is 0 Å². The van der Waals surface area contributed by atoms with Gasteiger partial charge < -0.3 is 19.5 Å². The number of benzene rings is 1. The van der Waals surface area contributed by atoms with Crippen LogP contribution in [0.15, 0.2) is 29.2 Å². The van der Waals surface area contributed by atoms with Gasteiger partial charge in [0.1, 0.15) is 35.0 Å². The first kappa shape index (κ1) is 18.8. The van der Waals surface area contributed by atoms with Crippen molar-refractivity contribution in [3.8, 4) is 5.75 Å². The van der Waals surface area contributed by atoms with E-state index in [4.69, 9.17) is 41.7 Å². The molecule has 15 heteroatoms. The molecule has 31 heavy (non-hydrogen) atoms. The molecule has 2 aromatic rings. The highest BCUT2D eigenvalue weighted by atomic mass is 35.5. The van der Waals surface area contributed by atoms with Crippen LogP contribution < -0.4 is 10.2 Å². The van der Waals surface area contributed by atoms with Crippen molar-refractivity contribution in [1.82, 2.24) is 9.55 Å². The van der Waals surface area contributed by atoms with Crippen molar-refractivity contribution in [2.45, 2.75) is 30.9 Å². The van der Waals surface area contributed by atoms with Crippen molar-refractivity contribution in [3.63, 3.8) is 0 Å². The number of nitrogens with one attached hydrogen (secondary N) is 1. The highest BCUT2D eigenvalue weighted by Gasteiger charge is 2.57. The smallest absolute Gasteiger partial charge is 0.404 e. The molecule has 0 bridgehead atoms. The summed E-state index contributed by atoms with van der Waals surface area (Å²) < 4.78 is 85.3. The van der Waals surface area contributed by atoms with Gasteiger partial charge in [0.2, 0.25) is 0 Å². The number of ether oxygens (including phenoxy) is 1. The molecule has 1 saturated heterocycles. The lowest BCUT2D eigenvalue weighted by Gasteiger charge is -2.28. The normalized spacial score (nSPS) is 36.7. The minimum Gasteiger partial charge on any atom is -0.404 e. The molecule has 168 valence electrons. The monoisotopic (exact) mass is 501 g/mol. The van der Waals surface area contributed by atoms with Crippen molar-refractivity contribution in [3.05, 3.63) is 55.9 Å². The first-order chi connectivity index (χ1) is 15.6. The van der Waals surface area contributed by atoms with Crippen LogP contribution in [-0.4, -0.2) is 44.4 Å². The van der Waals surface area contributed by atoms with Crippen LogP contribution in [-0.2, 0) is 25.0 Å². The molecule has 10 nitrogen and oxygen atoms in total. The van der Waals surface area contributed by atoms with E-state index in [1.807, 2.05) is 4.98 Å². The van der Waals surface area contributed by atoms with E-state index in [1.54, 1.807) is 0 Å². The molecule has 0 radical (unpaired) electrons. The van der Waals surface area contributed by atoms with Crippen molar-refractivity contribution in [1.29, 1.82) is 0 Å². The van der Waals surface area contributed by atoms with E-state index in [-0.39, 0.29) is 25.5 Å². The van der Waals surface area contributed by atoms with Gasteiger partial charge in [-0.3, -0.25) is 18.6 Å². The van der Waals surface area contributed by atoms with E-state index < -0.39 is 56.8 Å². The van der Waals surface area contributed by atoms with Gasteiger partial charge in [-0.2, -0.15) is 0 Å². The zero-order chi connectivity index (χ0) is 25.3. The Morgan fingerprint density at radius 1 is 1.55 bits per heavy atom. The van der Waals surface area contributed by atoms with Crippen LogP contribution in [0.1, 0.15) is 15.9 Å². The van der Waals surface area contributed by atoms with Crippen LogP contribution in [0.25, 0.3) is 0 Å². The molecule has 2 aliphatic rings. The number of aliphatic hydroxyl groups is 2. The van der Waals surface area contributed by atoms with Gasteiger partial charge >= 0.3 is 13.5 Å². The van der Waals surface area contributed by atoms with Crippen molar-refractivity contribution >= 4 is 31.6 Å². The molecule has 4 rings (SSSR count). The molecule has 1 unspecified atom stereocenters. The number of hydrogen-bond donors (Lipinski definition) is 3. The van der Waals surface area contributed by atoms with Gasteiger partial charge in [-0.15, -0.1) is 0 Å². The molecule has 1 aromatic carbocycles. The summed E-state index contributed by atoms with van der Waals surface area (Å²) >= 11 is 10.6. The minimum atomic E-state index is -4.94. The number of aromatic nitrogens is 2. The van der Waals surface area contributed by atoms with Gasteiger partial charge in [-0.25, -0.2) is 18.1 Å². The fraction of sp³-hybridized carbons (Fsp3) is 0.375. The summed E-state index contributed by atoms with van der Waals surface area (Å²) in [5.74, 6) is -4.97. The average Bonchev–Trinajstić information content (AvgIpc) is 2.92. The number of H-pyrrole nitrogens is 1. The summed E-state index contributed by atoms with van der Waals surface area (Å²) in [7, 11) is -4.94. The molecule has 3 N–H and O–H groups in total. The predicted molar refractivity (Wildman–Crippen MR) is 102 cm³/mol. The fourth-order valence-corrected chi connectivity index (χ4v) is 4.08. The Balaban J connectivity index is 1.67. The molecular formula is C16H14ClF2N2O8PS. The first-order valence-corrected chi connectivity index (χ1v) is 10.6. The molecule has 3 heterocycles. The largest absolute Gasteiger partial charge is 0.530 e. The molecule has 1 fully saturated rings. The number of rotatable bonds is 4. The van der Waals surface area contributed by atoms with E-state index in [0.717, 1.165) is 18.2 Å². The van der Waals surface area contributed by atoms with Gasteiger partial charge in [0, 0.05) is 11.8 Å². The number of phosphoric acid groups is 1. The fourth-order valence-electron chi connectivity index (χ4n) is 2.70.